The zero-order valence-electron chi connectivity index (χ0n) is 12.4. The van der Waals surface area contributed by atoms with E-state index in [0.29, 0.717) is 6.04 Å². The molecule has 0 saturated carbocycles. The third-order valence-electron chi connectivity index (χ3n) is 4.21. The van der Waals surface area contributed by atoms with Crippen molar-refractivity contribution in [3.8, 4) is 0 Å². The maximum absolute atomic E-state index is 3.71. The van der Waals surface area contributed by atoms with E-state index in [1.807, 2.05) is 0 Å². The van der Waals surface area contributed by atoms with Crippen molar-refractivity contribution in [2.24, 2.45) is 0 Å². The van der Waals surface area contributed by atoms with Crippen LogP contribution in [0.1, 0.15) is 40.0 Å². The third kappa shape index (κ3) is 5.36. The number of rotatable bonds is 6. The zero-order chi connectivity index (χ0) is 12.8. The number of nitrogens with one attached hydrogen (secondary N) is 1. The van der Waals surface area contributed by atoms with E-state index in [-0.39, 0.29) is 0 Å². The first kappa shape index (κ1) is 14.9. The molecule has 2 unspecified atom stereocenters. The number of likely N-dealkylation sites (tertiary alicyclic amines) is 1. The minimum Gasteiger partial charge on any atom is -0.314 e. The molecule has 0 aliphatic carbocycles. The van der Waals surface area contributed by atoms with Crippen LogP contribution in [-0.2, 0) is 0 Å². The summed E-state index contributed by atoms with van der Waals surface area (Å²) in [6.07, 6.45) is 3.87. The molecule has 0 aromatic carbocycles. The van der Waals surface area contributed by atoms with Gasteiger partial charge in [-0.15, -0.1) is 0 Å². The summed E-state index contributed by atoms with van der Waals surface area (Å²) in [5.74, 6) is 0. The van der Waals surface area contributed by atoms with Crippen LogP contribution in [0, 0.1) is 0 Å². The van der Waals surface area contributed by atoms with Gasteiger partial charge in [0.1, 0.15) is 0 Å². The fourth-order valence-electron chi connectivity index (χ4n) is 2.37. The van der Waals surface area contributed by atoms with E-state index in [4.69, 9.17) is 0 Å². The standard InChI is InChI=1S/C14H31N3/c1-12(2)16(4)9-6-8-15-14-7-10-17(5)13(3)11-14/h12-15H,6-11H2,1-5H3. The molecule has 102 valence electrons. The summed E-state index contributed by atoms with van der Waals surface area (Å²) in [6, 6.07) is 2.14. The Morgan fingerprint density at radius 1 is 1.41 bits per heavy atom. The lowest BCUT2D eigenvalue weighted by atomic mass is 9.99. The zero-order valence-corrected chi connectivity index (χ0v) is 12.4. The quantitative estimate of drug-likeness (QED) is 0.715. The van der Waals surface area contributed by atoms with Crippen molar-refractivity contribution in [2.45, 2.75) is 58.2 Å². The highest BCUT2D eigenvalue weighted by atomic mass is 15.1. The molecule has 1 rings (SSSR count). The summed E-state index contributed by atoms with van der Waals surface area (Å²) >= 11 is 0. The summed E-state index contributed by atoms with van der Waals surface area (Å²) in [4.78, 5) is 4.88. The van der Waals surface area contributed by atoms with Gasteiger partial charge >= 0.3 is 0 Å². The van der Waals surface area contributed by atoms with Crippen LogP contribution in [0.3, 0.4) is 0 Å². The van der Waals surface area contributed by atoms with Crippen LogP contribution >= 0.6 is 0 Å². The van der Waals surface area contributed by atoms with Crippen LogP contribution in [0.5, 0.6) is 0 Å². The molecule has 3 heteroatoms. The fourth-order valence-corrected chi connectivity index (χ4v) is 2.37. The molecular formula is C14H31N3. The van der Waals surface area contributed by atoms with Crippen molar-refractivity contribution in [3.05, 3.63) is 0 Å². The van der Waals surface area contributed by atoms with Gasteiger partial charge < -0.3 is 15.1 Å². The van der Waals surface area contributed by atoms with Gasteiger partial charge in [0.25, 0.3) is 0 Å². The van der Waals surface area contributed by atoms with Gasteiger partial charge in [0.15, 0.2) is 0 Å². The van der Waals surface area contributed by atoms with Crippen molar-refractivity contribution >= 4 is 0 Å². The maximum atomic E-state index is 3.71. The maximum Gasteiger partial charge on any atom is 0.00940 e. The molecule has 3 nitrogen and oxygen atoms in total. The first-order valence-corrected chi connectivity index (χ1v) is 7.14. The number of nitrogens with zero attached hydrogens (tertiary/aromatic N) is 2. The molecule has 1 N–H and O–H groups in total. The Hall–Kier alpha value is -0.120. The van der Waals surface area contributed by atoms with E-state index in [0.717, 1.165) is 18.6 Å². The molecule has 1 saturated heterocycles. The van der Waals surface area contributed by atoms with E-state index in [1.54, 1.807) is 0 Å². The van der Waals surface area contributed by atoms with Crippen LogP contribution < -0.4 is 5.32 Å². The minimum absolute atomic E-state index is 0.665. The number of hydrogen-bond acceptors (Lipinski definition) is 3. The highest BCUT2D eigenvalue weighted by Gasteiger charge is 2.21. The van der Waals surface area contributed by atoms with Gasteiger partial charge in [-0.1, -0.05) is 0 Å². The average molecular weight is 241 g/mol. The van der Waals surface area contributed by atoms with Gasteiger partial charge in [-0.3, -0.25) is 0 Å². The van der Waals surface area contributed by atoms with E-state index >= 15 is 0 Å². The summed E-state index contributed by atoms with van der Waals surface area (Å²) in [5.41, 5.74) is 0. The summed E-state index contributed by atoms with van der Waals surface area (Å²) in [7, 11) is 4.45. The summed E-state index contributed by atoms with van der Waals surface area (Å²) in [5, 5.41) is 3.71. The van der Waals surface area contributed by atoms with Crippen LogP contribution in [0.2, 0.25) is 0 Å². The Labute approximate surface area is 108 Å². The van der Waals surface area contributed by atoms with Crippen molar-refractivity contribution in [1.29, 1.82) is 0 Å². The smallest absolute Gasteiger partial charge is 0.00940 e. The Kier molecular flexibility index (Phi) is 6.45. The van der Waals surface area contributed by atoms with Gasteiger partial charge in [-0.25, -0.2) is 0 Å². The monoisotopic (exact) mass is 241 g/mol. The lowest BCUT2D eigenvalue weighted by molar-refractivity contribution is 0.167. The number of hydrogen-bond donors (Lipinski definition) is 1. The molecule has 0 aromatic rings. The average Bonchev–Trinajstić information content (AvgIpc) is 2.28. The largest absolute Gasteiger partial charge is 0.314 e. The lowest BCUT2D eigenvalue weighted by Crippen LogP contribution is -2.46. The summed E-state index contributed by atoms with van der Waals surface area (Å²) in [6.45, 7) is 10.5. The SMILES string of the molecule is CC(C)N(C)CCCNC1CCN(C)C(C)C1. The predicted octanol–water partition coefficient (Wildman–Crippen LogP) is 1.79. The molecular weight excluding hydrogens is 210 g/mol. The molecule has 0 aromatic heterocycles. The van der Waals surface area contributed by atoms with Crippen LogP contribution in [-0.4, -0.2) is 61.7 Å². The van der Waals surface area contributed by atoms with E-state index < -0.39 is 0 Å². The topological polar surface area (TPSA) is 18.5 Å². The molecule has 2 atom stereocenters. The molecule has 1 fully saturated rings. The minimum atomic E-state index is 0.665. The third-order valence-corrected chi connectivity index (χ3v) is 4.21. The van der Waals surface area contributed by atoms with Gasteiger partial charge in [-0.05, 0) is 73.8 Å². The Balaban J connectivity index is 2.07. The van der Waals surface area contributed by atoms with Crippen molar-refractivity contribution in [3.63, 3.8) is 0 Å². The molecule has 17 heavy (non-hydrogen) atoms. The second-order valence-electron chi connectivity index (χ2n) is 5.93. The Bertz CT molecular complexity index is 206. The van der Waals surface area contributed by atoms with E-state index in [9.17, 15) is 0 Å². The Morgan fingerprint density at radius 3 is 2.71 bits per heavy atom. The van der Waals surface area contributed by atoms with Gasteiger partial charge in [0.2, 0.25) is 0 Å². The molecule has 0 amide bonds. The van der Waals surface area contributed by atoms with Gasteiger partial charge in [0, 0.05) is 18.1 Å². The molecule has 0 bridgehead atoms. The normalized spacial score (nSPS) is 27.0. The molecule has 1 aliphatic rings. The lowest BCUT2D eigenvalue weighted by Gasteiger charge is -2.35. The predicted molar refractivity (Wildman–Crippen MR) is 75.5 cm³/mol. The van der Waals surface area contributed by atoms with Crippen LogP contribution in [0.15, 0.2) is 0 Å². The van der Waals surface area contributed by atoms with Crippen molar-refractivity contribution < 1.29 is 0 Å². The second-order valence-corrected chi connectivity index (χ2v) is 5.93. The first-order valence-electron chi connectivity index (χ1n) is 7.14. The molecule has 1 aliphatic heterocycles. The van der Waals surface area contributed by atoms with E-state index in [1.165, 1.54) is 32.4 Å². The number of piperidine rings is 1. The first-order chi connectivity index (χ1) is 8.00. The summed E-state index contributed by atoms with van der Waals surface area (Å²) < 4.78 is 0. The highest BCUT2D eigenvalue weighted by molar-refractivity contribution is 4.81. The van der Waals surface area contributed by atoms with Crippen molar-refractivity contribution in [2.75, 3.05) is 33.7 Å². The fraction of sp³-hybridized carbons (Fsp3) is 1.00. The van der Waals surface area contributed by atoms with Gasteiger partial charge in [0.05, 0.1) is 0 Å². The Morgan fingerprint density at radius 2 is 2.12 bits per heavy atom. The molecule has 0 spiro atoms. The van der Waals surface area contributed by atoms with Crippen molar-refractivity contribution in [1.82, 2.24) is 15.1 Å². The van der Waals surface area contributed by atoms with E-state index in [2.05, 4.69) is 50.0 Å². The molecule has 0 radical (unpaired) electrons. The van der Waals surface area contributed by atoms with Crippen LogP contribution in [0.25, 0.3) is 0 Å². The second kappa shape index (κ2) is 7.34. The highest BCUT2D eigenvalue weighted by Crippen LogP contribution is 2.15. The molecule has 1 heterocycles. The van der Waals surface area contributed by atoms with Crippen LogP contribution in [0.4, 0.5) is 0 Å². The van der Waals surface area contributed by atoms with Gasteiger partial charge in [-0.2, -0.15) is 0 Å².